The van der Waals surface area contributed by atoms with Crippen LogP contribution in [0.5, 0.6) is 0 Å². The highest BCUT2D eigenvalue weighted by Crippen LogP contribution is 2.49. The van der Waals surface area contributed by atoms with Gasteiger partial charge in [0.15, 0.2) is 0 Å². The number of hydrogen-bond donors (Lipinski definition) is 1. The van der Waals surface area contributed by atoms with Crippen LogP contribution >= 0.6 is 36.2 Å². The van der Waals surface area contributed by atoms with Crippen LogP contribution in [0.1, 0.15) is 36.5 Å². The Kier molecular flexibility index (Phi) is 4.43. The molecule has 3 heteroatoms. The van der Waals surface area contributed by atoms with Gasteiger partial charge in [0.1, 0.15) is 0 Å². The Morgan fingerprint density at radius 1 is 1.24 bits per heavy atom. The van der Waals surface area contributed by atoms with Gasteiger partial charge >= 0.3 is 0 Å². The van der Waals surface area contributed by atoms with Crippen molar-refractivity contribution in [1.29, 1.82) is 0 Å². The standard InChI is InChI=1S/C14H20S3/c1-14(2,3)11-6-4-10(5-7-11)13-16-9-12(8-15)17-13/h4-7,12-13,15H,8-9H2,1-3H3. The molecule has 1 fully saturated rings. The largest absolute Gasteiger partial charge is 0.178 e. The van der Waals surface area contributed by atoms with Crippen molar-refractivity contribution >= 4 is 36.2 Å². The van der Waals surface area contributed by atoms with Crippen molar-refractivity contribution in [2.24, 2.45) is 0 Å². The molecule has 0 nitrogen and oxygen atoms in total. The second kappa shape index (κ2) is 5.50. The lowest BCUT2D eigenvalue weighted by Crippen LogP contribution is -2.10. The molecule has 1 aliphatic heterocycles. The number of rotatable bonds is 2. The Balaban J connectivity index is 2.09. The molecular formula is C14H20S3. The lowest BCUT2D eigenvalue weighted by atomic mass is 9.87. The fourth-order valence-corrected chi connectivity index (χ4v) is 5.60. The van der Waals surface area contributed by atoms with E-state index in [9.17, 15) is 0 Å². The summed E-state index contributed by atoms with van der Waals surface area (Å²) in [5, 5.41) is 0.718. The number of benzene rings is 1. The van der Waals surface area contributed by atoms with Gasteiger partial charge in [0.05, 0.1) is 4.58 Å². The molecule has 0 aliphatic carbocycles. The Morgan fingerprint density at radius 2 is 1.88 bits per heavy atom. The summed E-state index contributed by atoms with van der Waals surface area (Å²) < 4.78 is 0.612. The Labute approximate surface area is 119 Å². The van der Waals surface area contributed by atoms with Gasteiger partial charge in [0.2, 0.25) is 0 Å². The quantitative estimate of drug-likeness (QED) is 0.778. The summed E-state index contributed by atoms with van der Waals surface area (Å²) in [5.41, 5.74) is 3.12. The van der Waals surface area contributed by atoms with Gasteiger partial charge < -0.3 is 0 Å². The first-order chi connectivity index (χ1) is 8.00. The summed E-state index contributed by atoms with van der Waals surface area (Å²) in [4.78, 5) is 0. The SMILES string of the molecule is CC(C)(C)c1ccc(C2SCC(CS)S2)cc1. The molecule has 1 heterocycles. The minimum atomic E-state index is 0.252. The van der Waals surface area contributed by atoms with E-state index >= 15 is 0 Å². The zero-order valence-electron chi connectivity index (χ0n) is 10.6. The van der Waals surface area contributed by atoms with Gasteiger partial charge in [-0.2, -0.15) is 12.6 Å². The maximum absolute atomic E-state index is 4.39. The van der Waals surface area contributed by atoms with Crippen molar-refractivity contribution < 1.29 is 0 Å². The fraction of sp³-hybridized carbons (Fsp3) is 0.571. The van der Waals surface area contributed by atoms with Crippen LogP contribution in [0, 0.1) is 0 Å². The van der Waals surface area contributed by atoms with Crippen molar-refractivity contribution in [2.45, 2.75) is 36.0 Å². The van der Waals surface area contributed by atoms with Crippen molar-refractivity contribution in [1.82, 2.24) is 0 Å². The monoisotopic (exact) mass is 284 g/mol. The third-order valence-corrected chi connectivity index (χ3v) is 7.05. The Morgan fingerprint density at radius 3 is 2.35 bits per heavy atom. The first-order valence-corrected chi connectivity index (χ1v) is 8.61. The number of thiol groups is 1. The van der Waals surface area contributed by atoms with Gasteiger partial charge in [0, 0.05) is 16.8 Å². The van der Waals surface area contributed by atoms with E-state index < -0.39 is 0 Å². The molecule has 2 unspecified atom stereocenters. The molecule has 2 rings (SSSR count). The smallest absolute Gasteiger partial charge is 0.0755 e. The fourth-order valence-electron chi connectivity index (χ4n) is 1.86. The number of hydrogen-bond acceptors (Lipinski definition) is 3. The minimum absolute atomic E-state index is 0.252. The molecule has 0 saturated carbocycles. The van der Waals surface area contributed by atoms with Crippen LogP contribution in [0.15, 0.2) is 24.3 Å². The van der Waals surface area contributed by atoms with E-state index in [-0.39, 0.29) is 5.41 Å². The Bertz CT molecular complexity index is 364. The first-order valence-electron chi connectivity index (χ1n) is 5.99. The molecule has 0 N–H and O–H groups in total. The second-order valence-corrected chi connectivity index (χ2v) is 8.69. The molecule has 1 saturated heterocycles. The van der Waals surface area contributed by atoms with Gasteiger partial charge in [-0.25, -0.2) is 0 Å². The average molecular weight is 285 g/mol. The van der Waals surface area contributed by atoms with Crippen LogP contribution in [-0.2, 0) is 5.41 Å². The number of thioether (sulfide) groups is 2. The van der Waals surface area contributed by atoms with Crippen molar-refractivity contribution in [3.05, 3.63) is 35.4 Å². The summed E-state index contributed by atoms with van der Waals surface area (Å²) in [5.74, 6) is 2.23. The molecule has 1 aromatic rings. The molecule has 0 bridgehead atoms. The lowest BCUT2D eigenvalue weighted by molar-refractivity contribution is 0.590. The van der Waals surface area contributed by atoms with E-state index in [1.807, 2.05) is 0 Å². The highest BCUT2D eigenvalue weighted by molar-refractivity contribution is 8.20. The van der Waals surface area contributed by atoms with Gasteiger partial charge in [-0.1, -0.05) is 45.0 Å². The lowest BCUT2D eigenvalue weighted by Gasteiger charge is -2.20. The van der Waals surface area contributed by atoms with Crippen molar-refractivity contribution in [3.63, 3.8) is 0 Å². The predicted molar refractivity (Wildman–Crippen MR) is 85.6 cm³/mol. The molecule has 94 valence electrons. The molecule has 0 radical (unpaired) electrons. The zero-order valence-corrected chi connectivity index (χ0v) is 13.2. The minimum Gasteiger partial charge on any atom is -0.178 e. The Hall–Kier alpha value is 0.270. The second-order valence-electron chi connectivity index (χ2n) is 5.48. The maximum atomic E-state index is 4.39. The van der Waals surface area contributed by atoms with E-state index in [1.54, 1.807) is 0 Å². The van der Waals surface area contributed by atoms with E-state index in [1.165, 1.54) is 16.9 Å². The summed E-state index contributed by atoms with van der Waals surface area (Å²) in [6.07, 6.45) is 0. The zero-order chi connectivity index (χ0) is 12.5. The van der Waals surface area contributed by atoms with E-state index in [4.69, 9.17) is 0 Å². The van der Waals surface area contributed by atoms with Gasteiger partial charge in [0.25, 0.3) is 0 Å². The maximum Gasteiger partial charge on any atom is 0.0755 e. The molecule has 0 spiro atoms. The predicted octanol–water partition coefficient (Wildman–Crippen LogP) is 4.76. The normalized spacial score (nSPS) is 25.2. The highest BCUT2D eigenvalue weighted by Gasteiger charge is 2.26. The molecular weight excluding hydrogens is 264 g/mol. The van der Waals surface area contributed by atoms with E-state index in [0.717, 1.165) is 11.0 Å². The molecule has 2 atom stereocenters. The van der Waals surface area contributed by atoms with Gasteiger partial charge in [-0.3, -0.25) is 0 Å². The average Bonchev–Trinajstić information content (AvgIpc) is 2.76. The van der Waals surface area contributed by atoms with Gasteiger partial charge in [-0.05, 0) is 16.5 Å². The van der Waals surface area contributed by atoms with Crippen LogP contribution in [0.25, 0.3) is 0 Å². The van der Waals surface area contributed by atoms with Crippen molar-refractivity contribution in [3.8, 4) is 0 Å². The summed E-state index contributed by atoms with van der Waals surface area (Å²) in [6, 6.07) is 9.16. The molecule has 0 aromatic heterocycles. The van der Waals surface area contributed by atoms with Crippen LogP contribution in [-0.4, -0.2) is 16.8 Å². The van der Waals surface area contributed by atoms with Crippen molar-refractivity contribution in [2.75, 3.05) is 11.5 Å². The van der Waals surface area contributed by atoms with E-state index in [2.05, 4.69) is 81.2 Å². The van der Waals surface area contributed by atoms with Crippen LogP contribution < -0.4 is 0 Å². The summed E-state index contributed by atoms with van der Waals surface area (Å²) >= 11 is 8.51. The van der Waals surface area contributed by atoms with Crippen LogP contribution in [0.2, 0.25) is 0 Å². The molecule has 0 amide bonds. The molecule has 1 aliphatic rings. The summed E-state index contributed by atoms with van der Waals surface area (Å²) in [6.45, 7) is 6.79. The highest BCUT2D eigenvalue weighted by atomic mass is 32.2. The third kappa shape index (κ3) is 3.39. The van der Waals surface area contributed by atoms with Gasteiger partial charge in [-0.15, -0.1) is 23.5 Å². The topological polar surface area (TPSA) is 0 Å². The van der Waals surface area contributed by atoms with Crippen LogP contribution in [0.4, 0.5) is 0 Å². The third-order valence-electron chi connectivity index (χ3n) is 3.00. The van der Waals surface area contributed by atoms with E-state index in [0.29, 0.717) is 4.58 Å². The first kappa shape index (κ1) is 13.7. The molecule has 1 aromatic carbocycles. The van der Waals surface area contributed by atoms with Crippen LogP contribution in [0.3, 0.4) is 0 Å². The summed E-state index contributed by atoms with van der Waals surface area (Å²) in [7, 11) is 0. The molecule has 17 heavy (non-hydrogen) atoms.